The second kappa shape index (κ2) is 10.6. The maximum Gasteiger partial charge on any atom is 0.306 e. The number of rotatable bonds is 9. The normalized spacial score (nSPS) is 10.0. The number of carbonyl (C=O) groups is 3. The summed E-state index contributed by atoms with van der Waals surface area (Å²) < 4.78 is 4.90. The van der Waals surface area contributed by atoms with Crippen molar-refractivity contribution in [2.45, 2.75) is 32.6 Å². The molecule has 0 fully saturated rings. The quantitative estimate of drug-likeness (QED) is 0.531. The number of carbonyl (C=O) groups excluding carboxylic acids is 3. The Labute approximate surface area is 164 Å². The van der Waals surface area contributed by atoms with E-state index in [2.05, 4.69) is 12.2 Å². The monoisotopic (exact) mass is 378 g/mol. The van der Waals surface area contributed by atoms with Gasteiger partial charge < -0.3 is 10.1 Å². The Morgan fingerprint density at radius 1 is 1.00 bits per heavy atom. The number of amides is 1. The first kappa shape index (κ1) is 20.8. The van der Waals surface area contributed by atoms with E-state index < -0.39 is 18.5 Å². The van der Waals surface area contributed by atoms with Crippen molar-refractivity contribution in [3.63, 3.8) is 0 Å². The Hall–Kier alpha value is -3.46. The zero-order chi connectivity index (χ0) is 20.4. The first-order chi connectivity index (χ1) is 13.5. The zero-order valence-corrected chi connectivity index (χ0v) is 15.7. The van der Waals surface area contributed by atoms with Crippen LogP contribution in [0.5, 0.6) is 0 Å². The van der Waals surface area contributed by atoms with E-state index in [-0.39, 0.29) is 18.6 Å². The lowest BCUT2D eigenvalue weighted by Gasteiger charge is -2.07. The van der Waals surface area contributed by atoms with Gasteiger partial charge in [0, 0.05) is 17.7 Å². The van der Waals surface area contributed by atoms with E-state index >= 15 is 0 Å². The van der Waals surface area contributed by atoms with Gasteiger partial charge >= 0.3 is 5.97 Å². The highest BCUT2D eigenvalue weighted by atomic mass is 16.5. The minimum atomic E-state index is -0.606. The highest BCUT2D eigenvalue weighted by Gasteiger charge is 2.12. The lowest BCUT2D eigenvalue weighted by atomic mass is 10.0. The fraction of sp³-hybridized carbons (Fsp3) is 0.273. The van der Waals surface area contributed by atoms with E-state index in [4.69, 9.17) is 10.00 Å². The van der Waals surface area contributed by atoms with Gasteiger partial charge in [-0.05, 0) is 36.2 Å². The molecule has 6 heteroatoms. The second-order valence-corrected chi connectivity index (χ2v) is 6.27. The van der Waals surface area contributed by atoms with Crippen molar-refractivity contribution < 1.29 is 19.1 Å². The summed E-state index contributed by atoms with van der Waals surface area (Å²) in [6.07, 6.45) is 1.95. The fourth-order valence-electron chi connectivity index (χ4n) is 2.55. The summed E-state index contributed by atoms with van der Waals surface area (Å²) in [4.78, 5) is 35.7. The standard InChI is InChI=1S/C22H22N2O4/c1-2-3-16-4-8-18(9-5-16)20(25)12-13-22(27)28-15-21(26)24-19-10-6-17(14-23)7-11-19/h4-11H,2-3,12-13,15H2,1H3,(H,24,26). The highest BCUT2D eigenvalue weighted by Crippen LogP contribution is 2.11. The molecule has 6 nitrogen and oxygen atoms in total. The molecule has 0 atom stereocenters. The molecule has 0 saturated heterocycles. The number of hydrogen-bond donors (Lipinski definition) is 1. The van der Waals surface area contributed by atoms with Crippen LogP contribution in [0.15, 0.2) is 48.5 Å². The molecule has 0 aliphatic heterocycles. The summed E-state index contributed by atoms with van der Waals surface area (Å²) in [5.41, 5.74) is 2.72. The molecule has 28 heavy (non-hydrogen) atoms. The molecule has 2 aromatic rings. The highest BCUT2D eigenvalue weighted by molar-refractivity contribution is 5.98. The number of benzene rings is 2. The second-order valence-electron chi connectivity index (χ2n) is 6.27. The van der Waals surface area contributed by atoms with Crippen molar-refractivity contribution in [1.82, 2.24) is 0 Å². The Bertz CT molecular complexity index is 865. The summed E-state index contributed by atoms with van der Waals surface area (Å²) in [7, 11) is 0. The number of nitrogens with zero attached hydrogens (tertiary/aromatic N) is 1. The Morgan fingerprint density at radius 3 is 2.29 bits per heavy atom. The van der Waals surface area contributed by atoms with E-state index in [1.807, 2.05) is 18.2 Å². The molecule has 0 saturated carbocycles. The number of nitriles is 1. The summed E-state index contributed by atoms with van der Waals surface area (Å²) in [6, 6.07) is 15.7. The van der Waals surface area contributed by atoms with Crippen molar-refractivity contribution in [2.75, 3.05) is 11.9 Å². The van der Waals surface area contributed by atoms with Gasteiger partial charge in [-0.25, -0.2) is 0 Å². The molecule has 144 valence electrons. The van der Waals surface area contributed by atoms with E-state index in [0.717, 1.165) is 12.8 Å². The molecule has 1 N–H and O–H groups in total. The molecule has 0 unspecified atom stereocenters. The molecular formula is C22H22N2O4. The first-order valence-corrected chi connectivity index (χ1v) is 9.09. The summed E-state index contributed by atoms with van der Waals surface area (Å²) in [5, 5.41) is 11.3. The number of ketones is 1. The SMILES string of the molecule is CCCc1ccc(C(=O)CCC(=O)OCC(=O)Nc2ccc(C#N)cc2)cc1. The Balaban J connectivity index is 1.71. The van der Waals surface area contributed by atoms with Crippen molar-refractivity contribution in [1.29, 1.82) is 5.26 Å². The molecular weight excluding hydrogens is 356 g/mol. The van der Waals surface area contributed by atoms with Crippen LogP contribution < -0.4 is 5.32 Å². The van der Waals surface area contributed by atoms with Crippen LogP contribution in [0.2, 0.25) is 0 Å². The van der Waals surface area contributed by atoms with Crippen molar-refractivity contribution in [2.24, 2.45) is 0 Å². The van der Waals surface area contributed by atoms with Crippen molar-refractivity contribution in [3.05, 3.63) is 65.2 Å². The molecule has 2 aromatic carbocycles. The summed E-state index contributed by atoms with van der Waals surface area (Å²) in [5.74, 6) is -1.23. The zero-order valence-electron chi connectivity index (χ0n) is 15.7. The minimum absolute atomic E-state index is 0.0310. The van der Waals surface area contributed by atoms with Gasteiger partial charge in [-0.2, -0.15) is 5.26 Å². The smallest absolute Gasteiger partial charge is 0.306 e. The van der Waals surface area contributed by atoms with Gasteiger partial charge in [-0.15, -0.1) is 0 Å². The molecule has 0 aromatic heterocycles. The third kappa shape index (κ3) is 6.69. The molecule has 0 heterocycles. The third-order valence-corrected chi connectivity index (χ3v) is 4.03. The summed E-state index contributed by atoms with van der Waals surface area (Å²) in [6.45, 7) is 1.66. The number of hydrogen-bond acceptors (Lipinski definition) is 5. The first-order valence-electron chi connectivity index (χ1n) is 9.09. The van der Waals surface area contributed by atoms with Crippen LogP contribution >= 0.6 is 0 Å². The Kier molecular flexibility index (Phi) is 7.92. The molecule has 0 spiro atoms. The van der Waals surface area contributed by atoms with Gasteiger partial charge in [-0.1, -0.05) is 37.6 Å². The average molecular weight is 378 g/mol. The van der Waals surface area contributed by atoms with Crippen LogP contribution in [0, 0.1) is 11.3 Å². The summed E-state index contributed by atoms with van der Waals surface area (Å²) >= 11 is 0. The lowest BCUT2D eigenvalue weighted by molar-refractivity contribution is -0.147. The third-order valence-electron chi connectivity index (χ3n) is 4.03. The van der Waals surface area contributed by atoms with Gasteiger partial charge in [0.2, 0.25) is 0 Å². The number of anilines is 1. The van der Waals surface area contributed by atoms with Crippen LogP contribution in [0.1, 0.15) is 47.7 Å². The molecule has 1 amide bonds. The van der Waals surface area contributed by atoms with E-state index in [1.54, 1.807) is 36.4 Å². The van der Waals surface area contributed by atoms with Gasteiger partial charge in [0.1, 0.15) is 0 Å². The molecule has 0 bridgehead atoms. The van der Waals surface area contributed by atoms with Crippen LogP contribution in [0.3, 0.4) is 0 Å². The minimum Gasteiger partial charge on any atom is -0.456 e. The van der Waals surface area contributed by atoms with Crippen molar-refractivity contribution >= 4 is 23.3 Å². The van der Waals surface area contributed by atoms with Crippen LogP contribution in [0.25, 0.3) is 0 Å². The lowest BCUT2D eigenvalue weighted by Crippen LogP contribution is -2.21. The van der Waals surface area contributed by atoms with Gasteiger partial charge in [-0.3, -0.25) is 14.4 Å². The predicted octanol–water partition coefficient (Wildman–Crippen LogP) is 3.66. The van der Waals surface area contributed by atoms with Gasteiger partial charge in [0.25, 0.3) is 5.91 Å². The fourth-order valence-corrected chi connectivity index (χ4v) is 2.55. The number of esters is 1. The number of ether oxygens (including phenoxy) is 1. The van der Waals surface area contributed by atoms with Crippen LogP contribution in [-0.2, 0) is 20.7 Å². The Morgan fingerprint density at radius 2 is 1.68 bits per heavy atom. The number of nitrogens with one attached hydrogen (secondary N) is 1. The van der Waals surface area contributed by atoms with E-state index in [1.165, 1.54) is 5.56 Å². The average Bonchev–Trinajstić information content (AvgIpc) is 2.72. The number of Topliss-reactive ketones (excluding diaryl/α,β-unsaturated/α-hetero) is 1. The number of aryl methyl sites for hydroxylation is 1. The maximum atomic E-state index is 12.1. The van der Waals surface area contributed by atoms with Crippen molar-refractivity contribution in [3.8, 4) is 6.07 Å². The predicted molar refractivity (Wildman–Crippen MR) is 105 cm³/mol. The topological polar surface area (TPSA) is 96.3 Å². The van der Waals surface area contributed by atoms with Gasteiger partial charge in [0.05, 0.1) is 18.1 Å². The largest absolute Gasteiger partial charge is 0.456 e. The molecule has 2 rings (SSSR count). The molecule has 0 radical (unpaired) electrons. The van der Waals surface area contributed by atoms with E-state index in [9.17, 15) is 14.4 Å². The van der Waals surface area contributed by atoms with Gasteiger partial charge in [0.15, 0.2) is 12.4 Å². The maximum absolute atomic E-state index is 12.1. The van der Waals surface area contributed by atoms with E-state index in [0.29, 0.717) is 16.8 Å². The molecule has 0 aliphatic rings. The van der Waals surface area contributed by atoms with Crippen LogP contribution in [-0.4, -0.2) is 24.3 Å². The molecule has 0 aliphatic carbocycles. The van der Waals surface area contributed by atoms with Crippen LogP contribution in [0.4, 0.5) is 5.69 Å².